The molecule has 6 heteroatoms. The molecule has 3 aliphatic heterocycles. The second-order valence-corrected chi connectivity index (χ2v) is 8.95. The van der Waals surface area contributed by atoms with Crippen LogP contribution in [0.4, 0.5) is 0 Å². The lowest BCUT2D eigenvalue weighted by Gasteiger charge is -2.33. The first-order valence-electron chi connectivity index (χ1n) is 11.0. The minimum Gasteiger partial charge on any atom is -0.368 e. The molecule has 3 heterocycles. The maximum absolute atomic E-state index is 13.0. The number of carbonyl (C=O) groups excluding carboxylic acids is 1. The van der Waals surface area contributed by atoms with Crippen molar-refractivity contribution in [3.63, 3.8) is 0 Å². The highest BCUT2D eigenvalue weighted by Gasteiger charge is 2.59. The van der Waals surface area contributed by atoms with Crippen LogP contribution in [0.15, 0.2) is 60.7 Å². The van der Waals surface area contributed by atoms with Crippen LogP contribution in [0.2, 0.25) is 0 Å². The monoisotopic (exact) mass is 423 g/mol. The van der Waals surface area contributed by atoms with E-state index in [-0.39, 0.29) is 17.9 Å². The van der Waals surface area contributed by atoms with Crippen LogP contribution in [-0.4, -0.2) is 53.7 Å². The van der Waals surface area contributed by atoms with Crippen molar-refractivity contribution in [3.05, 3.63) is 71.8 Å². The zero-order valence-corrected chi connectivity index (χ0v) is 18.0. The Morgan fingerprint density at radius 2 is 1.65 bits per heavy atom. The highest BCUT2D eigenvalue weighted by molar-refractivity contribution is 5.87. The first kappa shape index (κ1) is 20.8. The molecule has 0 spiro atoms. The van der Waals surface area contributed by atoms with E-state index >= 15 is 0 Å². The van der Waals surface area contributed by atoms with Gasteiger partial charge in [0.15, 0.2) is 17.9 Å². The molecule has 0 N–H and O–H groups in total. The van der Waals surface area contributed by atoms with Crippen LogP contribution in [0.1, 0.15) is 31.4 Å². The Bertz CT molecular complexity index is 903. The molecule has 0 bridgehead atoms. The second-order valence-electron chi connectivity index (χ2n) is 8.95. The fraction of sp³-hybridized carbons (Fsp3) is 0.480. The molecule has 6 nitrogen and oxygen atoms in total. The summed E-state index contributed by atoms with van der Waals surface area (Å²) in [7, 11) is 0. The van der Waals surface area contributed by atoms with Crippen LogP contribution in [0, 0.1) is 0 Å². The Labute approximate surface area is 183 Å². The van der Waals surface area contributed by atoms with Gasteiger partial charge in [-0.15, -0.1) is 0 Å². The summed E-state index contributed by atoms with van der Waals surface area (Å²) in [6.45, 7) is 5.59. The topological polar surface area (TPSA) is 57.2 Å². The number of carbonyl (C=O) groups is 1. The maximum Gasteiger partial charge on any atom is 0.190 e. The van der Waals surface area contributed by atoms with Gasteiger partial charge in [-0.25, -0.2) is 0 Å². The van der Waals surface area contributed by atoms with E-state index < -0.39 is 24.3 Å². The van der Waals surface area contributed by atoms with E-state index in [1.165, 1.54) is 5.56 Å². The molecule has 0 amide bonds. The maximum atomic E-state index is 13.0. The molecule has 5 atom stereocenters. The largest absolute Gasteiger partial charge is 0.368 e. The quantitative estimate of drug-likeness (QED) is 0.711. The molecule has 31 heavy (non-hydrogen) atoms. The fourth-order valence-electron chi connectivity index (χ4n) is 4.85. The predicted molar refractivity (Wildman–Crippen MR) is 114 cm³/mol. The van der Waals surface area contributed by atoms with Crippen LogP contribution in [0.3, 0.4) is 0 Å². The van der Waals surface area contributed by atoms with Gasteiger partial charge in [0.1, 0.15) is 18.3 Å². The standard InChI is InChI=1S/C25H29NO5/c1-25(2)30-23-22(28-16-18-11-7-4-8-12-18)21(29-24(23)31-25)20-19(27)13-14-26(20)15-17-9-5-3-6-10-17/h3-12,20-24H,13-16H2,1-2H3/t20-,21-,22+,23-,24-/m1/s1. The molecular formula is C25H29NO5. The van der Waals surface area contributed by atoms with Crippen molar-refractivity contribution in [1.82, 2.24) is 4.90 Å². The minimum atomic E-state index is -0.738. The van der Waals surface area contributed by atoms with E-state index in [2.05, 4.69) is 17.0 Å². The Morgan fingerprint density at radius 1 is 0.968 bits per heavy atom. The van der Waals surface area contributed by atoms with Gasteiger partial charge < -0.3 is 18.9 Å². The molecule has 3 saturated heterocycles. The van der Waals surface area contributed by atoms with E-state index in [4.69, 9.17) is 18.9 Å². The normalized spacial score (nSPS) is 32.5. The number of ether oxygens (including phenoxy) is 4. The third kappa shape index (κ3) is 4.31. The number of benzene rings is 2. The van der Waals surface area contributed by atoms with Gasteiger partial charge in [0.2, 0.25) is 0 Å². The number of hydrogen-bond acceptors (Lipinski definition) is 6. The molecule has 0 radical (unpaired) electrons. The summed E-state index contributed by atoms with van der Waals surface area (Å²) in [5, 5.41) is 0. The van der Waals surface area contributed by atoms with Gasteiger partial charge in [0.25, 0.3) is 0 Å². The summed E-state index contributed by atoms with van der Waals surface area (Å²) in [5.41, 5.74) is 2.25. The molecule has 0 saturated carbocycles. The number of hydrogen-bond donors (Lipinski definition) is 0. The molecule has 3 aliphatic rings. The Hall–Kier alpha value is -2.09. The van der Waals surface area contributed by atoms with Gasteiger partial charge in [-0.1, -0.05) is 60.7 Å². The predicted octanol–water partition coefficient (Wildman–Crippen LogP) is 3.29. The first-order chi connectivity index (χ1) is 15.0. The van der Waals surface area contributed by atoms with Crippen molar-refractivity contribution in [3.8, 4) is 0 Å². The average molecular weight is 424 g/mol. The van der Waals surface area contributed by atoms with Crippen molar-refractivity contribution in [2.45, 2.75) is 69.9 Å². The number of rotatable bonds is 6. The third-order valence-corrected chi connectivity index (χ3v) is 6.22. The van der Waals surface area contributed by atoms with E-state index in [1.54, 1.807) is 0 Å². The lowest BCUT2D eigenvalue weighted by molar-refractivity contribution is -0.224. The van der Waals surface area contributed by atoms with Gasteiger partial charge in [-0.05, 0) is 25.0 Å². The van der Waals surface area contributed by atoms with E-state index in [0.717, 1.165) is 5.56 Å². The summed E-state index contributed by atoms with van der Waals surface area (Å²) >= 11 is 0. The Kier molecular flexibility index (Phi) is 5.67. The zero-order valence-electron chi connectivity index (χ0n) is 18.0. The molecule has 3 fully saturated rings. The number of nitrogens with zero attached hydrogens (tertiary/aromatic N) is 1. The van der Waals surface area contributed by atoms with Gasteiger partial charge in [-0.3, -0.25) is 9.69 Å². The SMILES string of the molecule is CC1(C)O[C@H]2O[C@H]([C@H]3C(=O)CCN3Cc3ccccc3)[C@H](OCc3ccccc3)[C@H]2O1. The fourth-order valence-corrected chi connectivity index (χ4v) is 4.85. The van der Waals surface area contributed by atoms with Gasteiger partial charge in [-0.2, -0.15) is 0 Å². The van der Waals surface area contributed by atoms with Gasteiger partial charge in [0.05, 0.1) is 12.6 Å². The van der Waals surface area contributed by atoms with Crippen LogP contribution >= 0.6 is 0 Å². The zero-order chi connectivity index (χ0) is 21.4. The van der Waals surface area contributed by atoms with E-state index in [0.29, 0.717) is 26.1 Å². The highest BCUT2D eigenvalue weighted by atomic mass is 16.8. The molecule has 2 aromatic carbocycles. The molecule has 2 aromatic rings. The smallest absolute Gasteiger partial charge is 0.190 e. The van der Waals surface area contributed by atoms with Crippen molar-refractivity contribution < 1.29 is 23.7 Å². The highest BCUT2D eigenvalue weighted by Crippen LogP contribution is 2.42. The van der Waals surface area contributed by atoms with E-state index in [1.807, 2.05) is 62.4 Å². The van der Waals surface area contributed by atoms with Crippen molar-refractivity contribution in [1.29, 1.82) is 0 Å². The van der Waals surface area contributed by atoms with Crippen molar-refractivity contribution >= 4 is 5.78 Å². The first-order valence-corrected chi connectivity index (χ1v) is 11.0. The molecule has 0 aromatic heterocycles. The third-order valence-electron chi connectivity index (χ3n) is 6.22. The number of Topliss-reactive ketones (excluding diaryl/α,β-unsaturated/α-hetero) is 1. The molecular weight excluding hydrogens is 394 g/mol. The lowest BCUT2D eigenvalue weighted by atomic mass is 9.99. The van der Waals surface area contributed by atoms with Crippen LogP contribution in [0.25, 0.3) is 0 Å². The molecule has 0 aliphatic carbocycles. The summed E-state index contributed by atoms with van der Waals surface area (Å²) in [5.74, 6) is -0.550. The van der Waals surface area contributed by atoms with Crippen LogP contribution in [-0.2, 0) is 36.9 Å². The van der Waals surface area contributed by atoms with Crippen LogP contribution in [0.5, 0.6) is 0 Å². The van der Waals surface area contributed by atoms with Crippen molar-refractivity contribution in [2.75, 3.05) is 6.54 Å². The summed E-state index contributed by atoms with van der Waals surface area (Å²) < 4.78 is 24.8. The Balaban J connectivity index is 1.38. The summed E-state index contributed by atoms with van der Waals surface area (Å²) in [6.07, 6.45) is -1.21. The number of ketones is 1. The second kappa shape index (κ2) is 8.45. The van der Waals surface area contributed by atoms with E-state index in [9.17, 15) is 4.79 Å². The molecule has 164 valence electrons. The van der Waals surface area contributed by atoms with Gasteiger partial charge >= 0.3 is 0 Å². The average Bonchev–Trinajstić information content (AvgIpc) is 3.37. The number of likely N-dealkylation sites (tertiary alicyclic amines) is 1. The minimum absolute atomic E-state index is 0.188. The summed E-state index contributed by atoms with van der Waals surface area (Å²) in [4.78, 5) is 15.2. The molecule has 0 unspecified atom stereocenters. The summed E-state index contributed by atoms with van der Waals surface area (Å²) in [6, 6.07) is 19.9. The van der Waals surface area contributed by atoms with Crippen LogP contribution < -0.4 is 0 Å². The number of fused-ring (bicyclic) bond motifs is 1. The van der Waals surface area contributed by atoms with Crippen molar-refractivity contribution in [2.24, 2.45) is 0 Å². The molecule has 5 rings (SSSR count). The Morgan fingerprint density at radius 3 is 2.35 bits per heavy atom. The lowest BCUT2D eigenvalue weighted by Crippen LogP contribution is -2.50. The van der Waals surface area contributed by atoms with Gasteiger partial charge in [0, 0.05) is 19.5 Å².